The molecule has 0 aliphatic heterocycles. The SMILES string of the molecule is CC(C)(C)OC(=O)NCc1nccc(OCC(F)(F)F)n1. The molecule has 0 radical (unpaired) electrons. The molecule has 6 nitrogen and oxygen atoms in total. The maximum Gasteiger partial charge on any atom is 0.422 e. The molecule has 1 aromatic rings. The first-order valence-electron chi connectivity index (χ1n) is 6.03. The number of hydrogen-bond acceptors (Lipinski definition) is 5. The van der Waals surface area contributed by atoms with Gasteiger partial charge in [0, 0.05) is 12.3 Å². The molecule has 0 aromatic carbocycles. The predicted molar refractivity (Wildman–Crippen MR) is 66.7 cm³/mol. The first-order valence-corrected chi connectivity index (χ1v) is 6.03. The zero-order valence-corrected chi connectivity index (χ0v) is 11.8. The van der Waals surface area contributed by atoms with Crippen LogP contribution >= 0.6 is 0 Å². The van der Waals surface area contributed by atoms with E-state index in [4.69, 9.17) is 4.74 Å². The van der Waals surface area contributed by atoms with E-state index in [2.05, 4.69) is 20.0 Å². The number of nitrogens with one attached hydrogen (secondary N) is 1. The standard InChI is InChI=1S/C12H16F3N3O3/c1-11(2,3)21-10(19)17-6-8-16-5-4-9(18-8)20-7-12(13,14)15/h4-5H,6-7H2,1-3H3,(H,17,19). The summed E-state index contributed by atoms with van der Waals surface area (Å²) in [4.78, 5) is 19.0. The Morgan fingerprint density at radius 1 is 1.33 bits per heavy atom. The van der Waals surface area contributed by atoms with Crippen molar-refractivity contribution < 1.29 is 27.4 Å². The van der Waals surface area contributed by atoms with Crippen molar-refractivity contribution in [1.82, 2.24) is 15.3 Å². The highest BCUT2D eigenvalue weighted by molar-refractivity contribution is 5.67. The molecule has 0 aliphatic carbocycles. The van der Waals surface area contributed by atoms with Gasteiger partial charge in [-0.3, -0.25) is 0 Å². The maximum absolute atomic E-state index is 12.0. The Labute approximate surface area is 119 Å². The van der Waals surface area contributed by atoms with Crippen LogP contribution in [0, 0.1) is 0 Å². The fourth-order valence-corrected chi connectivity index (χ4v) is 1.17. The molecular weight excluding hydrogens is 291 g/mol. The van der Waals surface area contributed by atoms with Crippen molar-refractivity contribution in [2.75, 3.05) is 6.61 Å². The number of aromatic nitrogens is 2. The van der Waals surface area contributed by atoms with Gasteiger partial charge in [-0.2, -0.15) is 18.2 Å². The monoisotopic (exact) mass is 307 g/mol. The Morgan fingerprint density at radius 2 is 2.00 bits per heavy atom. The Morgan fingerprint density at radius 3 is 2.57 bits per heavy atom. The zero-order chi connectivity index (χ0) is 16.1. The lowest BCUT2D eigenvalue weighted by Crippen LogP contribution is -2.32. The maximum atomic E-state index is 12.0. The quantitative estimate of drug-likeness (QED) is 0.925. The summed E-state index contributed by atoms with van der Waals surface area (Å²) in [6.07, 6.45) is -3.88. The number of carbonyl (C=O) groups is 1. The summed E-state index contributed by atoms with van der Waals surface area (Å²) in [5, 5.41) is 2.39. The minimum atomic E-state index is -4.44. The molecule has 0 saturated carbocycles. The molecule has 1 rings (SSSR count). The molecule has 0 fully saturated rings. The second kappa shape index (κ2) is 6.59. The summed E-state index contributed by atoms with van der Waals surface area (Å²) in [7, 11) is 0. The fourth-order valence-electron chi connectivity index (χ4n) is 1.17. The van der Waals surface area contributed by atoms with Crippen LogP contribution in [-0.4, -0.2) is 34.4 Å². The Bertz CT molecular complexity index is 487. The lowest BCUT2D eigenvalue weighted by molar-refractivity contribution is -0.154. The van der Waals surface area contributed by atoms with Crippen LogP contribution in [0.25, 0.3) is 0 Å². The molecule has 1 aromatic heterocycles. The van der Waals surface area contributed by atoms with Crippen molar-refractivity contribution in [1.29, 1.82) is 0 Å². The van der Waals surface area contributed by atoms with E-state index in [1.54, 1.807) is 20.8 Å². The van der Waals surface area contributed by atoms with Crippen LogP contribution in [0.4, 0.5) is 18.0 Å². The van der Waals surface area contributed by atoms with Crippen molar-refractivity contribution in [2.45, 2.75) is 39.1 Å². The average molecular weight is 307 g/mol. The molecule has 0 saturated heterocycles. The molecule has 1 amide bonds. The molecule has 1 N–H and O–H groups in total. The van der Waals surface area contributed by atoms with Crippen molar-refractivity contribution in [3.8, 4) is 5.88 Å². The van der Waals surface area contributed by atoms with Gasteiger partial charge in [0.25, 0.3) is 0 Å². The third-order valence-corrected chi connectivity index (χ3v) is 1.85. The van der Waals surface area contributed by atoms with Gasteiger partial charge in [0.05, 0.1) is 6.54 Å². The molecule has 0 bridgehead atoms. The van der Waals surface area contributed by atoms with E-state index in [1.807, 2.05) is 0 Å². The molecular formula is C12H16F3N3O3. The minimum absolute atomic E-state index is 0.0852. The number of alkyl carbamates (subject to hydrolysis) is 1. The summed E-state index contributed by atoms with van der Waals surface area (Å²) in [6.45, 7) is 3.58. The van der Waals surface area contributed by atoms with E-state index < -0.39 is 24.5 Å². The number of hydrogen-bond donors (Lipinski definition) is 1. The lowest BCUT2D eigenvalue weighted by Gasteiger charge is -2.19. The number of ether oxygens (including phenoxy) is 2. The van der Waals surface area contributed by atoms with E-state index >= 15 is 0 Å². The van der Waals surface area contributed by atoms with Crippen LogP contribution in [0.2, 0.25) is 0 Å². The van der Waals surface area contributed by atoms with Crippen LogP contribution in [-0.2, 0) is 11.3 Å². The van der Waals surface area contributed by atoms with Gasteiger partial charge in [-0.05, 0) is 20.8 Å². The van der Waals surface area contributed by atoms with Crippen molar-refractivity contribution >= 4 is 6.09 Å². The summed E-state index contributed by atoms with van der Waals surface area (Å²) in [5.74, 6) is -0.108. The van der Waals surface area contributed by atoms with Crippen LogP contribution in [0.1, 0.15) is 26.6 Å². The third-order valence-electron chi connectivity index (χ3n) is 1.85. The van der Waals surface area contributed by atoms with Crippen molar-refractivity contribution in [2.24, 2.45) is 0 Å². The van der Waals surface area contributed by atoms with Crippen molar-refractivity contribution in [3.05, 3.63) is 18.1 Å². The number of amides is 1. The van der Waals surface area contributed by atoms with Gasteiger partial charge in [-0.1, -0.05) is 0 Å². The van der Waals surface area contributed by atoms with Crippen LogP contribution in [0.15, 0.2) is 12.3 Å². The molecule has 0 aliphatic rings. The van der Waals surface area contributed by atoms with E-state index in [0.717, 1.165) is 0 Å². The minimum Gasteiger partial charge on any atom is -0.468 e. The van der Waals surface area contributed by atoms with Crippen LogP contribution < -0.4 is 10.1 Å². The summed E-state index contributed by atoms with van der Waals surface area (Å²) < 4.78 is 45.5. The topological polar surface area (TPSA) is 73.3 Å². The number of alkyl halides is 3. The lowest BCUT2D eigenvalue weighted by atomic mass is 10.2. The van der Waals surface area contributed by atoms with Gasteiger partial charge in [0.15, 0.2) is 12.4 Å². The average Bonchev–Trinajstić information content (AvgIpc) is 2.32. The Hall–Kier alpha value is -2.06. The van der Waals surface area contributed by atoms with Gasteiger partial charge in [0.1, 0.15) is 5.60 Å². The predicted octanol–water partition coefficient (Wildman–Crippen LogP) is 2.44. The van der Waals surface area contributed by atoms with Gasteiger partial charge in [0.2, 0.25) is 5.88 Å². The first-order chi connectivity index (χ1) is 9.55. The van der Waals surface area contributed by atoms with Gasteiger partial charge < -0.3 is 14.8 Å². The van der Waals surface area contributed by atoms with Gasteiger partial charge in [-0.25, -0.2) is 9.78 Å². The second-order valence-corrected chi connectivity index (χ2v) is 5.07. The Kier molecular flexibility index (Phi) is 5.34. The Balaban J connectivity index is 2.51. The molecule has 21 heavy (non-hydrogen) atoms. The number of nitrogens with zero attached hydrogens (tertiary/aromatic N) is 2. The highest BCUT2D eigenvalue weighted by Gasteiger charge is 2.28. The molecule has 0 atom stereocenters. The second-order valence-electron chi connectivity index (χ2n) is 5.07. The molecule has 0 unspecified atom stereocenters. The summed E-state index contributed by atoms with van der Waals surface area (Å²) >= 11 is 0. The number of halogens is 3. The third kappa shape index (κ3) is 7.95. The van der Waals surface area contributed by atoms with Crippen LogP contribution in [0.3, 0.4) is 0 Å². The smallest absolute Gasteiger partial charge is 0.422 e. The summed E-state index contributed by atoms with van der Waals surface area (Å²) in [6, 6.07) is 1.20. The highest BCUT2D eigenvalue weighted by Crippen LogP contribution is 2.16. The molecule has 118 valence electrons. The highest BCUT2D eigenvalue weighted by atomic mass is 19.4. The van der Waals surface area contributed by atoms with E-state index in [9.17, 15) is 18.0 Å². The number of rotatable bonds is 4. The number of carbonyl (C=O) groups excluding carboxylic acids is 1. The normalized spacial score (nSPS) is 11.9. The largest absolute Gasteiger partial charge is 0.468 e. The van der Waals surface area contributed by atoms with E-state index in [1.165, 1.54) is 12.3 Å². The van der Waals surface area contributed by atoms with E-state index in [0.29, 0.717) is 0 Å². The van der Waals surface area contributed by atoms with E-state index in [-0.39, 0.29) is 18.2 Å². The first kappa shape index (κ1) is 17.0. The molecule has 9 heteroatoms. The van der Waals surface area contributed by atoms with Gasteiger partial charge >= 0.3 is 12.3 Å². The zero-order valence-electron chi connectivity index (χ0n) is 11.8. The molecule has 1 heterocycles. The summed E-state index contributed by atoms with van der Waals surface area (Å²) in [5.41, 5.74) is -0.650. The van der Waals surface area contributed by atoms with Gasteiger partial charge in [-0.15, -0.1) is 0 Å². The van der Waals surface area contributed by atoms with Crippen molar-refractivity contribution in [3.63, 3.8) is 0 Å². The van der Waals surface area contributed by atoms with Crippen LogP contribution in [0.5, 0.6) is 5.88 Å². The molecule has 0 spiro atoms. The fraction of sp³-hybridized carbons (Fsp3) is 0.583.